The summed E-state index contributed by atoms with van der Waals surface area (Å²) >= 11 is 0. The Morgan fingerprint density at radius 3 is 2.73 bits per heavy atom. The molecule has 3 nitrogen and oxygen atoms in total. The first-order valence-corrected chi connectivity index (χ1v) is 6.05. The lowest BCUT2D eigenvalue weighted by Gasteiger charge is -2.34. The molecule has 0 aliphatic carbocycles. The number of rotatable bonds is 3. The van der Waals surface area contributed by atoms with Gasteiger partial charge in [-0.1, -0.05) is 6.92 Å². The highest BCUT2D eigenvalue weighted by atomic mass is 16.2. The third-order valence-electron chi connectivity index (χ3n) is 3.42. The molecule has 15 heavy (non-hydrogen) atoms. The van der Waals surface area contributed by atoms with Crippen LogP contribution in [0.25, 0.3) is 0 Å². The topological polar surface area (TPSA) is 23.6 Å². The van der Waals surface area contributed by atoms with E-state index in [0.717, 1.165) is 32.5 Å². The Hall–Kier alpha value is -0.570. The van der Waals surface area contributed by atoms with Gasteiger partial charge >= 0.3 is 0 Å². The van der Waals surface area contributed by atoms with Crippen molar-refractivity contribution in [1.29, 1.82) is 0 Å². The van der Waals surface area contributed by atoms with Crippen molar-refractivity contribution in [3.63, 3.8) is 0 Å². The summed E-state index contributed by atoms with van der Waals surface area (Å²) < 4.78 is 0. The van der Waals surface area contributed by atoms with Gasteiger partial charge in [0.2, 0.25) is 5.91 Å². The fraction of sp³-hybridized carbons (Fsp3) is 0.917. The van der Waals surface area contributed by atoms with Crippen molar-refractivity contribution in [3.8, 4) is 0 Å². The van der Waals surface area contributed by atoms with E-state index in [1.165, 1.54) is 0 Å². The number of carbonyl (C=O) groups is 1. The summed E-state index contributed by atoms with van der Waals surface area (Å²) in [6.45, 7) is 9.48. The van der Waals surface area contributed by atoms with Crippen molar-refractivity contribution in [2.75, 3.05) is 26.7 Å². The Kier molecular flexibility index (Phi) is 4.58. The van der Waals surface area contributed by atoms with E-state index in [2.05, 4.69) is 25.7 Å². The molecule has 0 aromatic rings. The van der Waals surface area contributed by atoms with Crippen molar-refractivity contribution < 1.29 is 4.79 Å². The highest BCUT2D eigenvalue weighted by molar-refractivity contribution is 5.79. The van der Waals surface area contributed by atoms with E-state index < -0.39 is 0 Å². The standard InChI is InChI=1S/C12H24N2O/c1-5-14-8-6-7-11(9-14)12(15)13(4)10(2)3/h10-11H,5-9H2,1-4H3. The van der Waals surface area contributed by atoms with Crippen LogP contribution in [0, 0.1) is 5.92 Å². The van der Waals surface area contributed by atoms with Crippen LogP contribution in [0.2, 0.25) is 0 Å². The Morgan fingerprint density at radius 1 is 1.53 bits per heavy atom. The van der Waals surface area contributed by atoms with E-state index in [0.29, 0.717) is 11.9 Å². The van der Waals surface area contributed by atoms with Crippen LogP contribution in [0.4, 0.5) is 0 Å². The molecule has 1 fully saturated rings. The van der Waals surface area contributed by atoms with Crippen LogP contribution in [0.5, 0.6) is 0 Å². The lowest BCUT2D eigenvalue weighted by atomic mass is 9.96. The molecule has 0 radical (unpaired) electrons. The van der Waals surface area contributed by atoms with E-state index >= 15 is 0 Å². The molecular weight excluding hydrogens is 188 g/mol. The summed E-state index contributed by atoms with van der Waals surface area (Å²) in [5.74, 6) is 0.550. The second kappa shape index (κ2) is 5.50. The summed E-state index contributed by atoms with van der Waals surface area (Å²) in [6, 6.07) is 0.314. The van der Waals surface area contributed by atoms with Gasteiger partial charge in [0, 0.05) is 19.6 Å². The average Bonchev–Trinajstić information content (AvgIpc) is 2.27. The van der Waals surface area contributed by atoms with E-state index in [4.69, 9.17) is 0 Å². The van der Waals surface area contributed by atoms with Crippen LogP contribution < -0.4 is 0 Å². The first kappa shape index (κ1) is 12.5. The normalized spacial score (nSPS) is 23.1. The molecule has 0 bridgehead atoms. The van der Waals surface area contributed by atoms with Crippen LogP contribution >= 0.6 is 0 Å². The van der Waals surface area contributed by atoms with Gasteiger partial charge in [-0.05, 0) is 39.8 Å². The Balaban J connectivity index is 2.52. The molecular formula is C12H24N2O. The summed E-state index contributed by atoms with van der Waals surface area (Å²) in [6.07, 6.45) is 2.22. The number of likely N-dealkylation sites (tertiary alicyclic amines) is 1. The molecule has 0 saturated carbocycles. The maximum absolute atomic E-state index is 12.1. The van der Waals surface area contributed by atoms with Gasteiger partial charge in [-0.15, -0.1) is 0 Å². The molecule has 1 amide bonds. The number of amides is 1. The molecule has 1 atom stereocenters. The van der Waals surface area contributed by atoms with Crippen molar-refractivity contribution in [1.82, 2.24) is 9.80 Å². The van der Waals surface area contributed by atoms with E-state index in [-0.39, 0.29) is 5.92 Å². The number of piperidine rings is 1. The molecule has 1 unspecified atom stereocenters. The van der Waals surface area contributed by atoms with Gasteiger partial charge in [0.05, 0.1) is 5.92 Å². The molecule has 1 heterocycles. The fourth-order valence-corrected chi connectivity index (χ4v) is 2.09. The van der Waals surface area contributed by atoms with Crippen LogP contribution in [0.15, 0.2) is 0 Å². The monoisotopic (exact) mass is 212 g/mol. The van der Waals surface area contributed by atoms with E-state index in [9.17, 15) is 4.79 Å². The fourth-order valence-electron chi connectivity index (χ4n) is 2.09. The van der Waals surface area contributed by atoms with Gasteiger partial charge in [0.15, 0.2) is 0 Å². The molecule has 0 spiro atoms. The minimum atomic E-state index is 0.228. The van der Waals surface area contributed by atoms with Crippen LogP contribution in [0.3, 0.4) is 0 Å². The zero-order chi connectivity index (χ0) is 11.4. The van der Waals surface area contributed by atoms with E-state index in [1.54, 1.807) is 0 Å². The summed E-state index contributed by atoms with van der Waals surface area (Å²) in [5, 5.41) is 0. The largest absolute Gasteiger partial charge is 0.343 e. The minimum Gasteiger partial charge on any atom is -0.343 e. The zero-order valence-corrected chi connectivity index (χ0v) is 10.5. The molecule has 1 aliphatic rings. The van der Waals surface area contributed by atoms with Crippen molar-refractivity contribution >= 4 is 5.91 Å². The Morgan fingerprint density at radius 2 is 2.20 bits per heavy atom. The average molecular weight is 212 g/mol. The quantitative estimate of drug-likeness (QED) is 0.709. The molecule has 1 aliphatic heterocycles. The number of carbonyl (C=O) groups excluding carboxylic acids is 1. The molecule has 88 valence electrons. The maximum atomic E-state index is 12.1. The van der Waals surface area contributed by atoms with Crippen LogP contribution in [-0.2, 0) is 4.79 Å². The van der Waals surface area contributed by atoms with Crippen molar-refractivity contribution in [2.45, 2.75) is 39.7 Å². The molecule has 0 aromatic carbocycles. The summed E-state index contributed by atoms with van der Waals surface area (Å²) in [4.78, 5) is 16.4. The van der Waals surface area contributed by atoms with Gasteiger partial charge in [0.1, 0.15) is 0 Å². The lowest BCUT2D eigenvalue weighted by Crippen LogP contribution is -2.45. The second-order valence-corrected chi connectivity index (χ2v) is 4.78. The predicted molar refractivity (Wildman–Crippen MR) is 62.7 cm³/mol. The molecule has 0 aromatic heterocycles. The smallest absolute Gasteiger partial charge is 0.226 e. The van der Waals surface area contributed by atoms with Crippen molar-refractivity contribution in [2.24, 2.45) is 5.92 Å². The van der Waals surface area contributed by atoms with Gasteiger partial charge in [-0.25, -0.2) is 0 Å². The van der Waals surface area contributed by atoms with Crippen LogP contribution in [-0.4, -0.2) is 48.4 Å². The first-order chi connectivity index (χ1) is 7.06. The first-order valence-electron chi connectivity index (χ1n) is 6.05. The SMILES string of the molecule is CCN1CCCC(C(=O)N(C)C(C)C)C1. The highest BCUT2D eigenvalue weighted by Gasteiger charge is 2.27. The molecule has 1 saturated heterocycles. The van der Waals surface area contributed by atoms with Gasteiger partial charge in [0.25, 0.3) is 0 Å². The zero-order valence-electron chi connectivity index (χ0n) is 10.5. The van der Waals surface area contributed by atoms with E-state index in [1.807, 2.05) is 11.9 Å². The van der Waals surface area contributed by atoms with Gasteiger partial charge < -0.3 is 9.80 Å². The van der Waals surface area contributed by atoms with Gasteiger partial charge in [-0.2, -0.15) is 0 Å². The second-order valence-electron chi connectivity index (χ2n) is 4.78. The van der Waals surface area contributed by atoms with Gasteiger partial charge in [-0.3, -0.25) is 4.79 Å². The highest BCUT2D eigenvalue weighted by Crippen LogP contribution is 2.18. The number of hydrogen-bond donors (Lipinski definition) is 0. The summed E-state index contributed by atoms with van der Waals surface area (Å²) in [7, 11) is 1.91. The minimum absolute atomic E-state index is 0.228. The number of nitrogens with zero attached hydrogens (tertiary/aromatic N) is 2. The van der Waals surface area contributed by atoms with Crippen LogP contribution in [0.1, 0.15) is 33.6 Å². The number of hydrogen-bond acceptors (Lipinski definition) is 2. The maximum Gasteiger partial charge on any atom is 0.226 e. The lowest BCUT2D eigenvalue weighted by molar-refractivity contribution is -0.137. The molecule has 3 heteroatoms. The third kappa shape index (κ3) is 3.20. The predicted octanol–water partition coefficient (Wildman–Crippen LogP) is 1.59. The Bertz CT molecular complexity index is 216. The van der Waals surface area contributed by atoms with Crippen molar-refractivity contribution in [3.05, 3.63) is 0 Å². The Labute approximate surface area is 93.4 Å². The summed E-state index contributed by atoms with van der Waals surface area (Å²) in [5.41, 5.74) is 0. The molecule has 0 N–H and O–H groups in total. The third-order valence-corrected chi connectivity index (χ3v) is 3.42. The molecule has 1 rings (SSSR count).